The maximum Gasteiger partial charge on any atom is 0.291 e. The molecule has 3 aromatic heterocycles. The molecule has 1 aromatic carbocycles. The van der Waals surface area contributed by atoms with Crippen molar-refractivity contribution in [2.24, 2.45) is 0 Å². The van der Waals surface area contributed by atoms with Crippen LogP contribution in [0.2, 0.25) is 0 Å². The summed E-state index contributed by atoms with van der Waals surface area (Å²) >= 11 is 3.42. The van der Waals surface area contributed by atoms with Gasteiger partial charge in [0, 0.05) is 31.9 Å². The number of anilines is 1. The van der Waals surface area contributed by atoms with Crippen LogP contribution >= 0.6 is 22.7 Å². The first-order valence-electron chi connectivity index (χ1n) is 8.08. The number of carbonyl (C=O) groups is 1. The molecule has 0 unspecified atom stereocenters. The van der Waals surface area contributed by atoms with E-state index in [2.05, 4.69) is 30.6 Å². The van der Waals surface area contributed by atoms with Gasteiger partial charge in [-0.2, -0.15) is 0 Å². The van der Waals surface area contributed by atoms with E-state index in [-0.39, 0.29) is 5.91 Å². The number of thiazole rings is 1. The van der Waals surface area contributed by atoms with Gasteiger partial charge in [0.1, 0.15) is 5.01 Å². The SMILES string of the molecule is Cc1cc(-c2csc(-c3ccc(NC(=O)c4ccco4)cc3)n2)c(C)s1. The third-order valence-corrected chi connectivity index (χ3v) is 5.81. The maximum atomic E-state index is 12.0. The molecule has 26 heavy (non-hydrogen) atoms. The Bertz CT molecular complexity index is 1040. The lowest BCUT2D eigenvalue weighted by atomic mass is 10.2. The van der Waals surface area contributed by atoms with E-state index >= 15 is 0 Å². The van der Waals surface area contributed by atoms with E-state index in [1.165, 1.54) is 21.6 Å². The van der Waals surface area contributed by atoms with Gasteiger partial charge in [-0.25, -0.2) is 4.98 Å². The Morgan fingerprint density at radius 2 is 1.96 bits per heavy atom. The number of aromatic nitrogens is 1. The van der Waals surface area contributed by atoms with Gasteiger partial charge in [-0.05, 0) is 56.3 Å². The van der Waals surface area contributed by atoms with Crippen molar-refractivity contribution >= 4 is 34.3 Å². The Kier molecular flexibility index (Phi) is 4.44. The molecule has 1 amide bonds. The second kappa shape index (κ2) is 6.90. The van der Waals surface area contributed by atoms with Gasteiger partial charge in [0.2, 0.25) is 0 Å². The van der Waals surface area contributed by atoms with Crippen LogP contribution in [-0.2, 0) is 0 Å². The van der Waals surface area contributed by atoms with Crippen LogP contribution in [0, 0.1) is 13.8 Å². The van der Waals surface area contributed by atoms with Crippen LogP contribution < -0.4 is 5.32 Å². The molecular formula is C20H16N2O2S2. The van der Waals surface area contributed by atoms with Crippen LogP contribution in [0.5, 0.6) is 0 Å². The van der Waals surface area contributed by atoms with E-state index in [1.54, 1.807) is 34.8 Å². The molecule has 3 heterocycles. The fourth-order valence-electron chi connectivity index (χ4n) is 2.71. The maximum absolute atomic E-state index is 12.0. The molecule has 0 spiro atoms. The van der Waals surface area contributed by atoms with E-state index in [0.29, 0.717) is 5.76 Å². The molecule has 130 valence electrons. The zero-order valence-electron chi connectivity index (χ0n) is 14.3. The molecule has 4 aromatic rings. The Hall–Kier alpha value is -2.70. The molecule has 0 atom stereocenters. The predicted molar refractivity (Wildman–Crippen MR) is 107 cm³/mol. The summed E-state index contributed by atoms with van der Waals surface area (Å²) in [4.78, 5) is 19.4. The number of amides is 1. The molecule has 0 radical (unpaired) electrons. The van der Waals surface area contributed by atoms with E-state index < -0.39 is 0 Å². The first-order chi connectivity index (χ1) is 12.6. The number of benzene rings is 1. The number of carbonyl (C=O) groups excluding carboxylic acids is 1. The van der Waals surface area contributed by atoms with Crippen molar-refractivity contribution in [3.05, 3.63) is 69.6 Å². The third kappa shape index (κ3) is 3.34. The Morgan fingerprint density at radius 3 is 2.62 bits per heavy atom. The van der Waals surface area contributed by atoms with Crippen molar-refractivity contribution in [3.63, 3.8) is 0 Å². The van der Waals surface area contributed by atoms with Gasteiger partial charge in [-0.15, -0.1) is 22.7 Å². The minimum atomic E-state index is -0.261. The van der Waals surface area contributed by atoms with Crippen molar-refractivity contribution in [1.82, 2.24) is 4.98 Å². The number of rotatable bonds is 4. The lowest BCUT2D eigenvalue weighted by Gasteiger charge is -2.04. The van der Waals surface area contributed by atoms with E-state index in [0.717, 1.165) is 22.0 Å². The monoisotopic (exact) mass is 380 g/mol. The fourth-order valence-corrected chi connectivity index (χ4v) is 4.47. The van der Waals surface area contributed by atoms with Gasteiger partial charge >= 0.3 is 0 Å². The number of aryl methyl sites for hydroxylation is 2. The van der Waals surface area contributed by atoms with Crippen molar-refractivity contribution in [2.45, 2.75) is 13.8 Å². The molecule has 4 rings (SSSR count). The summed E-state index contributed by atoms with van der Waals surface area (Å²) in [5.41, 5.74) is 3.97. The number of nitrogens with zero attached hydrogens (tertiary/aromatic N) is 1. The number of hydrogen-bond donors (Lipinski definition) is 1. The highest BCUT2D eigenvalue weighted by molar-refractivity contribution is 7.14. The lowest BCUT2D eigenvalue weighted by Crippen LogP contribution is -2.10. The molecule has 4 nitrogen and oxygen atoms in total. The normalized spacial score (nSPS) is 10.8. The molecule has 0 saturated carbocycles. The van der Waals surface area contributed by atoms with Gasteiger partial charge in [-0.1, -0.05) is 0 Å². The summed E-state index contributed by atoms with van der Waals surface area (Å²) in [6, 6.07) is 13.2. The fraction of sp³-hybridized carbons (Fsp3) is 0.100. The first kappa shape index (κ1) is 16.8. The van der Waals surface area contributed by atoms with Gasteiger partial charge in [0.05, 0.1) is 12.0 Å². The van der Waals surface area contributed by atoms with Gasteiger partial charge in [0.25, 0.3) is 5.91 Å². The summed E-state index contributed by atoms with van der Waals surface area (Å²) in [6.07, 6.45) is 1.48. The molecule has 0 fully saturated rings. The van der Waals surface area contributed by atoms with Crippen molar-refractivity contribution in [3.8, 4) is 21.8 Å². The number of thiophene rings is 1. The van der Waals surface area contributed by atoms with Crippen LogP contribution in [0.1, 0.15) is 20.3 Å². The lowest BCUT2D eigenvalue weighted by molar-refractivity contribution is 0.0996. The molecule has 0 saturated heterocycles. The smallest absolute Gasteiger partial charge is 0.291 e. The highest BCUT2D eigenvalue weighted by Crippen LogP contribution is 2.34. The largest absolute Gasteiger partial charge is 0.459 e. The van der Waals surface area contributed by atoms with Crippen LogP contribution in [0.3, 0.4) is 0 Å². The van der Waals surface area contributed by atoms with Crippen LogP contribution in [-0.4, -0.2) is 10.9 Å². The molecule has 0 aliphatic heterocycles. The van der Waals surface area contributed by atoms with Gasteiger partial charge < -0.3 is 9.73 Å². The highest BCUT2D eigenvalue weighted by Gasteiger charge is 2.12. The molecule has 0 aliphatic rings. The predicted octanol–water partition coefficient (Wildman–Crippen LogP) is 6.00. The van der Waals surface area contributed by atoms with E-state index in [9.17, 15) is 4.79 Å². The Morgan fingerprint density at radius 1 is 1.15 bits per heavy atom. The zero-order chi connectivity index (χ0) is 18.1. The summed E-state index contributed by atoms with van der Waals surface area (Å²) in [7, 11) is 0. The molecular weight excluding hydrogens is 364 g/mol. The van der Waals surface area contributed by atoms with Crippen LogP contribution in [0.15, 0.2) is 58.5 Å². The average Bonchev–Trinajstić information content (AvgIpc) is 3.36. The topological polar surface area (TPSA) is 55.1 Å². The summed E-state index contributed by atoms with van der Waals surface area (Å²) in [5.74, 6) is 0.0302. The minimum Gasteiger partial charge on any atom is -0.459 e. The quantitative estimate of drug-likeness (QED) is 0.472. The number of hydrogen-bond acceptors (Lipinski definition) is 5. The van der Waals surface area contributed by atoms with E-state index in [4.69, 9.17) is 9.40 Å². The standard InChI is InChI=1S/C20H16N2O2S2/c1-12-10-16(13(2)26-12)17-11-25-20(22-17)14-5-7-15(8-6-14)21-19(23)18-4-3-9-24-18/h3-11H,1-2H3,(H,21,23). The minimum absolute atomic E-state index is 0.261. The summed E-state index contributed by atoms with van der Waals surface area (Å²) in [6.45, 7) is 4.24. The molecule has 6 heteroatoms. The van der Waals surface area contributed by atoms with Crippen molar-refractivity contribution < 1.29 is 9.21 Å². The second-order valence-electron chi connectivity index (χ2n) is 5.87. The average molecular weight is 380 g/mol. The molecule has 0 aliphatic carbocycles. The van der Waals surface area contributed by atoms with Gasteiger partial charge in [0.15, 0.2) is 5.76 Å². The van der Waals surface area contributed by atoms with Crippen molar-refractivity contribution in [1.29, 1.82) is 0 Å². The summed E-state index contributed by atoms with van der Waals surface area (Å²) < 4.78 is 5.10. The van der Waals surface area contributed by atoms with Gasteiger partial charge in [-0.3, -0.25) is 4.79 Å². The highest BCUT2D eigenvalue weighted by atomic mass is 32.1. The van der Waals surface area contributed by atoms with Crippen molar-refractivity contribution in [2.75, 3.05) is 5.32 Å². The number of nitrogens with one attached hydrogen (secondary N) is 1. The van der Waals surface area contributed by atoms with E-state index in [1.807, 2.05) is 24.3 Å². The molecule has 1 N–H and O–H groups in total. The third-order valence-electron chi connectivity index (χ3n) is 3.96. The molecule has 0 bridgehead atoms. The number of furan rings is 1. The first-order valence-corrected chi connectivity index (χ1v) is 9.78. The Balaban J connectivity index is 1.52. The second-order valence-corrected chi connectivity index (χ2v) is 8.19. The summed E-state index contributed by atoms with van der Waals surface area (Å²) in [5, 5.41) is 5.87. The van der Waals surface area contributed by atoms with Crippen LogP contribution in [0.25, 0.3) is 21.8 Å². The Labute approximate surface area is 159 Å². The zero-order valence-corrected chi connectivity index (χ0v) is 15.9. The van der Waals surface area contributed by atoms with Crippen LogP contribution in [0.4, 0.5) is 5.69 Å².